The third-order valence-corrected chi connectivity index (χ3v) is 2.97. The topological polar surface area (TPSA) is 29.1 Å². The number of nitrogens with one attached hydrogen (secondary N) is 1. The minimum atomic E-state index is -0.0220. The highest BCUT2D eigenvalue weighted by molar-refractivity contribution is 5.91. The molecule has 1 N–H and O–H groups in total. The molecule has 0 unspecified atom stereocenters. The SMILES string of the molecule is CC(C)C(NC(=O)/C=C/c1ccccc1)C(C)C. The predicted octanol–water partition coefficient (Wildman–Crippen LogP) is 3.50. The number of hydrogen-bond donors (Lipinski definition) is 1. The summed E-state index contributed by atoms with van der Waals surface area (Å²) in [5, 5.41) is 3.06. The van der Waals surface area contributed by atoms with Crippen molar-refractivity contribution in [1.82, 2.24) is 5.32 Å². The highest BCUT2D eigenvalue weighted by Gasteiger charge is 2.18. The molecule has 1 rings (SSSR count). The van der Waals surface area contributed by atoms with Crippen LogP contribution in [0.2, 0.25) is 0 Å². The zero-order chi connectivity index (χ0) is 13.5. The molecule has 2 nitrogen and oxygen atoms in total. The van der Waals surface area contributed by atoms with Crippen molar-refractivity contribution in [2.24, 2.45) is 11.8 Å². The number of carbonyl (C=O) groups is 1. The lowest BCUT2D eigenvalue weighted by Gasteiger charge is -2.25. The molecule has 0 aliphatic carbocycles. The van der Waals surface area contributed by atoms with Gasteiger partial charge in [0.2, 0.25) is 5.91 Å². The fourth-order valence-electron chi connectivity index (χ4n) is 2.05. The summed E-state index contributed by atoms with van der Waals surface area (Å²) in [4.78, 5) is 11.8. The first kappa shape index (κ1) is 14.5. The maximum absolute atomic E-state index is 11.8. The summed E-state index contributed by atoms with van der Waals surface area (Å²) < 4.78 is 0. The molecule has 0 aliphatic rings. The summed E-state index contributed by atoms with van der Waals surface area (Å²) in [5.41, 5.74) is 1.04. The van der Waals surface area contributed by atoms with Crippen molar-refractivity contribution in [3.8, 4) is 0 Å². The molecule has 0 bridgehead atoms. The van der Waals surface area contributed by atoms with E-state index in [9.17, 15) is 4.79 Å². The van der Waals surface area contributed by atoms with Crippen molar-refractivity contribution in [2.75, 3.05) is 0 Å². The van der Waals surface area contributed by atoms with Gasteiger partial charge < -0.3 is 5.32 Å². The Morgan fingerprint density at radius 3 is 2.11 bits per heavy atom. The van der Waals surface area contributed by atoms with Gasteiger partial charge in [-0.15, -0.1) is 0 Å². The Morgan fingerprint density at radius 1 is 1.06 bits per heavy atom. The second-order valence-electron chi connectivity index (χ2n) is 5.27. The van der Waals surface area contributed by atoms with Crippen LogP contribution in [0, 0.1) is 11.8 Å². The molecule has 0 saturated heterocycles. The molecule has 0 radical (unpaired) electrons. The molecule has 0 aromatic heterocycles. The van der Waals surface area contributed by atoms with Crippen molar-refractivity contribution < 1.29 is 4.79 Å². The van der Waals surface area contributed by atoms with Gasteiger partial charge in [0.05, 0.1) is 0 Å². The van der Waals surface area contributed by atoms with Gasteiger partial charge in [-0.2, -0.15) is 0 Å². The normalized spacial score (nSPS) is 11.7. The van der Waals surface area contributed by atoms with E-state index in [2.05, 4.69) is 33.0 Å². The quantitative estimate of drug-likeness (QED) is 0.790. The fraction of sp³-hybridized carbons (Fsp3) is 0.438. The van der Waals surface area contributed by atoms with E-state index in [1.165, 1.54) is 0 Å². The summed E-state index contributed by atoms with van der Waals surface area (Å²) >= 11 is 0. The molecule has 0 fully saturated rings. The molecule has 0 spiro atoms. The highest BCUT2D eigenvalue weighted by atomic mass is 16.1. The van der Waals surface area contributed by atoms with Gasteiger partial charge in [-0.3, -0.25) is 4.79 Å². The lowest BCUT2D eigenvalue weighted by atomic mass is 9.93. The summed E-state index contributed by atoms with van der Waals surface area (Å²) in [7, 11) is 0. The third kappa shape index (κ3) is 4.74. The molecule has 18 heavy (non-hydrogen) atoms. The van der Waals surface area contributed by atoms with Crippen LogP contribution in [0.25, 0.3) is 6.08 Å². The second-order valence-corrected chi connectivity index (χ2v) is 5.27. The minimum absolute atomic E-state index is 0.0220. The molecule has 0 saturated carbocycles. The van der Waals surface area contributed by atoms with Gasteiger partial charge in [0.15, 0.2) is 0 Å². The van der Waals surface area contributed by atoms with E-state index in [1.54, 1.807) is 6.08 Å². The van der Waals surface area contributed by atoms with Crippen molar-refractivity contribution in [2.45, 2.75) is 33.7 Å². The first-order valence-corrected chi connectivity index (χ1v) is 6.54. The maximum Gasteiger partial charge on any atom is 0.244 e. The van der Waals surface area contributed by atoms with Crippen molar-refractivity contribution in [3.05, 3.63) is 42.0 Å². The van der Waals surface area contributed by atoms with E-state index in [4.69, 9.17) is 0 Å². The zero-order valence-electron chi connectivity index (χ0n) is 11.7. The lowest BCUT2D eigenvalue weighted by Crippen LogP contribution is -2.41. The van der Waals surface area contributed by atoms with Gasteiger partial charge in [-0.1, -0.05) is 58.0 Å². The van der Waals surface area contributed by atoms with Gasteiger partial charge in [0, 0.05) is 12.1 Å². The Kier molecular flexibility index (Phi) is 5.63. The summed E-state index contributed by atoms with van der Waals surface area (Å²) in [5.74, 6) is 0.865. The first-order valence-electron chi connectivity index (χ1n) is 6.54. The van der Waals surface area contributed by atoms with Crippen LogP contribution in [0.1, 0.15) is 33.3 Å². The molecule has 1 amide bonds. The highest BCUT2D eigenvalue weighted by Crippen LogP contribution is 2.11. The Hall–Kier alpha value is -1.57. The van der Waals surface area contributed by atoms with Crippen LogP contribution in [-0.2, 0) is 4.79 Å². The largest absolute Gasteiger partial charge is 0.349 e. The molecular formula is C16H23NO. The monoisotopic (exact) mass is 245 g/mol. The van der Waals surface area contributed by atoms with Crippen LogP contribution in [0.5, 0.6) is 0 Å². The molecule has 98 valence electrons. The Labute approximate surface area is 110 Å². The molecule has 0 atom stereocenters. The average molecular weight is 245 g/mol. The van der Waals surface area contributed by atoms with Crippen LogP contribution in [-0.4, -0.2) is 11.9 Å². The van der Waals surface area contributed by atoms with Gasteiger partial charge in [0.25, 0.3) is 0 Å². The third-order valence-electron chi connectivity index (χ3n) is 2.97. The Morgan fingerprint density at radius 2 is 1.61 bits per heavy atom. The molecule has 1 aromatic rings. The second kappa shape index (κ2) is 7.00. The number of benzene rings is 1. The summed E-state index contributed by atoms with van der Waals surface area (Å²) in [6.07, 6.45) is 3.44. The summed E-state index contributed by atoms with van der Waals surface area (Å²) in [6.45, 7) is 8.52. The first-order chi connectivity index (χ1) is 8.50. The van der Waals surface area contributed by atoms with E-state index in [0.29, 0.717) is 11.8 Å². The lowest BCUT2D eigenvalue weighted by molar-refractivity contribution is -0.117. The van der Waals surface area contributed by atoms with E-state index >= 15 is 0 Å². The van der Waals surface area contributed by atoms with Gasteiger partial charge in [-0.25, -0.2) is 0 Å². The number of hydrogen-bond acceptors (Lipinski definition) is 1. The number of carbonyl (C=O) groups excluding carboxylic acids is 1. The predicted molar refractivity (Wildman–Crippen MR) is 77.1 cm³/mol. The van der Waals surface area contributed by atoms with Crippen LogP contribution in [0.4, 0.5) is 0 Å². The van der Waals surface area contributed by atoms with Crippen molar-refractivity contribution in [3.63, 3.8) is 0 Å². The smallest absolute Gasteiger partial charge is 0.244 e. The standard InChI is InChI=1S/C16H23NO/c1-12(2)16(13(3)4)17-15(18)11-10-14-8-6-5-7-9-14/h5-13,16H,1-4H3,(H,17,18)/b11-10+. The molecule has 0 aliphatic heterocycles. The summed E-state index contributed by atoms with van der Waals surface area (Å²) in [6, 6.07) is 10.1. The van der Waals surface area contributed by atoms with Crippen molar-refractivity contribution >= 4 is 12.0 Å². The van der Waals surface area contributed by atoms with Gasteiger partial charge >= 0.3 is 0 Å². The number of rotatable bonds is 5. The Bertz CT molecular complexity index is 385. The van der Waals surface area contributed by atoms with Crippen LogP contribution in [0.15, 0.2) is 36.4 Å². The van der Waals surface area contributed by atoms with Gasteiger partial charge in [0.1, 0.15) is 0 Å². The van der Waals surface area contributed by atoms with E-state index in [1.807, 2.05) is 36.4 Å². The van der Waals surface area contributed by atoms with Gasteiger partial charge in [-0.05, 0) is 23.5 Å². The van der Waals surface area contributed by atoms with E-state index < -0.39 is 0 Å². The van der Waals surface area contributed by atoms with Crippen LogP contribution in [0.3, 0.4) is 0 Å². The zero-order valence-corrected chi connectivity index (χ0v) is 11.7. The van der Waals surface area contributed by atoms with Crippen LogP contribution >= 0.6 is 0 Å². The maximum atomic E-state index is 11.8. The number of amides is 1. The molecule has 1 aromatic carbocycles. The molecular weight excluding hydrogens is 222 g/mol. The minimum Gasteiger partial charge on any atom is -0.349 e. The van der Waals surface area contributed by atoms with Crippen molar-refractivity contribution in [1.29, 1.82) is 0 Å². The van der Waals surface area contributed by atoms with Crippen LogP contribution < -0.4 is 5.32 Å². The molecule has 0 heterocycles. The van der Waals surface area contributed by atoms with E-state index in [0.717, 1.165) is 5.56 Å². The molecule has 2 heteroatoms. The fourth-order valence-corrected chi connectivity index (χ4v) is 2.05. The average Bonchev–Trinajstić information content (AvgIpc) is 2.34. The van der Waals surface area contributed by atoms with E-state index in [-0.39, 0.29) is 11.9 Å². The Balaban J connectivity index is 2.58.